The second kappa shape index (κ2) is 10.4. The van der Waals surface area contributed by atoms with Crippen LogP contribution in [-0.2, 0) is 19.8 Å². The van der Waals surface area contributed by atoms with E-state index >= 15 is 0 Å². The molecule has 0 saturated heterocycles. The lowest BCUT2D eigenvalue weighted by atomic mass is 9.95. The predicted molar refractivity (Wildman–Crippen MR) is 138 cm³/mol. The van der Waals surface area contributed by atoms with Gasteiger partial charge in [-0.1, -0.05) is 11.6 Å². The van der Waals surface area contributed by atoms with Gasteiger partial charge in [0.15, 0.2) is 0 Å². The number of halogens is 9. The van der Waals surface area contributed by atoms with Gasteiger partial charge in [-0.2, -0.15) is 26.3 Å². The molecule has 7 nitrogen and oxygen atoms in total. The van der Waals surface area contributed by atoms with Crippen molar-refractivity contribution in [2.24, 2.45) is 7.05 Å². The van der Waals surface area contributed by atoms with Crippen LogP contribution in [0.3, 0.4) is 0 Å². The number of aromatic nitrogens is 2. The highest BCUT2D eigenvalue weighted by atomic mass is 35.5. The second-order valence-corrected chi connectivity index (χ2v) is 10.1. The minimum atomic E-state index is -5.01. The van der Waals surface area contributed by atoms with Crippen molar-refractivity contribution in [3.8, 4) is 0 Å². The number of nitrogens with zero attached hydrogens (tertiary/aromatic N) is 2. The molecule has 1 unspecified atom stereocenters. The minimum absolute atomic E-state index is 0.00441. The number of anilines is 1. The summed E-state index contributed by atoms with van der Waals surface area (Å²) in [6.45, 7) is -0.870. The van der Waals surface area contributed by atoms with E-state index in [1.165, 1.54) is 13.1 Å². The van der Waals surface area contributed by atoms with Crippen molar-refractivity contribution < 1.29 is 44.7 Å². The number of aryl methyl sites for hydroxylation is 2. The molecule has 1 aliphatic heterocycles. The van der Waals surface area contributed by atoms with Crippen molar-refractivity contribution in [3.05, 3.63) is 97.4 Å². The van der Waals surface area contributed by atoms with Crippen LogP contribution in [0.5, 0.6) is 0 Å². The molecule has 0 saturated carbocycles. The predicted octanol–water partition coefficient (Wildman–Crippen LogP) is 6.33. The maximum Gasteiger partial charge on any atom is 0.416 e. The number of rotatable bonds is 5. The fourth-order valence-corrected chi connectivity index (χ4v) is 5.24. The lowest BCUT2D eigenvalue weighted by molar-refractivity contribution is -0.138. The van der Waals surface area contributed by atoms with Crippen LogP contribution in [0.1, 0.15) is 49.9 Å². The standard InChI is InChI=1S/C27H17ClF8N4O3/c1-39-22-18(40(25(39)43)5-4-26(31,32)33)10-17(37-23(41)11-6-12(27(34,35)36)8-14(30)7-11)19-20(22)24(42)38-21(19)15-9-13(29)2-3-16(15)28/h2-3,6-10,21H,4-5H2,1H3,(H,37,41)(H,38,42). The molecule has 1 aromatic heterocycles. The van der Waals surface area contributed by atoms with E-state index in [0.29, 0.717) is 12.1 Å². The zero-order valence-corrected chi connectivity index (χ0v) is 22.3. The Bertz CT molecular complexity index is 1880. The lowest BCUT2D eigenvalue weighted by Crippen LogP contribution is -2.25. The molecule has 0 radical (unpaired) electrons. The van der Waals surface area contributed by atoms with E-state index in [1.54, 1.807) is 0 Å². The first-order chi connectivity index (χ1) is 20.0. The lowest BCUT2D eigenvalue weighted by Gasteiger charge is -2.19. The van der Waals surface area contributed by atoms with Crippen LogP contribution in [0.2, 0.25) is 5.02 Å². The van der Waals surface area contributed by atoms with Gasteiger partial charge in [0.1, 0.15) is 11.6 Å². The van der Waals surface area contributed by atoms with Gasteiger partial charge in [0.05, 0.1) is 34.6 Å². The van der Waals surface area contributed by atoms with Gasteiger partial charge in [0, 0.05) is 41.0 Å². The summed E-state index contributed by atoms with van der Waals surface area (Å²) in [7, 11) is 1.20. The molecule has 0 bridgehead atoms. The first-order valence-electron chi connectivity index (χ1n) is 12.2. The smallest absolute Gasteiger partial charge is 0.341 e. The van der Waals surface area contributed by atoms with E-state index in [1.807, 2.05) is 0 Å². The third-order valence-corrected chi connectivity index (χ3v) is 7.22. The Morgan fingerprint density at radius 2 is 1.70 bits per heavy atom. The summed E-state index contributed by atoms with van der Waals surface area (Å²) in [6, 6.07) is 4.05. The van der Waals surface area contributed by atoms with Gasteiger partial charge in [-0.15, -0.1) is 0 Å². The molecule has 16 heteroatoms. The Labute approximate surface area is 240 Å². The van der Waals surface area contributed by atoms with Gasteiger partial charge in [-0.25, -0.2) is 13.6 Å². The molecule has 4 aromatic rings. The summed E-state index contributed by atoms with van der Waals surface area (Å²) in [6.07, 6.45) is -11.1. The molecule has 0 fully saturated rings. The average Bonchev–Trinajstić information content (AvgIpc) is 3.36. The second-order valence-electron chi connectivity index (χ2n) is 9.69. The Hall–Kier alpha value is -4.40. The Morgan fingerprint density at radius 1 is 1.00 bits per heavy atom. The van der Waals surface area contributed by atoms with Crippen LogP contribution in [0.25, 0.3) is 11.0 Å². The Balaban J connectivity index is 1.75. The molecule has 43 heavy (non-hydrogen) atoms. The molecule has 2 N–H and O–H groups in total. The van der Waals surface area contributed by atoms with Crippen molar-refractivity contribution in [1.29, 1.82) is 0 Å². The van der Waals surface area contributed by atoms with Crippen molar-refractivity contribution in [2.75, 3.05) is 5.32 Å². The third-order valence-electron chi connectivity index (χ3n) is 6.88. The van der Waals surface area contributed by atoms with Gasteiger partial charge < -0.3 is 10.6 Å². The van der Waals surface area contributed by atoms with Crippen LogP contribution < -0.4 is 16.3 Å². The quantitative estimate of drug-likeness (QED) is 0.252. The first kappa shape index (κ1) is 30.1. The normalized spacial score (nSPS) is 15.1. The molecule has 1 aliphatic rings. The van der Waals surface area contributed by atoms with E-state index in [2.05, 4.69) is 10.6 Å². The number of alkyl halides is 6. The number of nitrogens with one attached hydrogen (secondary N) is 2. The SMILES string of the molecule is Cn1c(=O)n(CCC(F)(F)F)c2cc(NC(=O)c3cc(F)cc(C(F)(F)F)c3)c3c(c21)C(=O)NC3c1cc(F)ccc1Cl. The number of carbonyl (C=O) groups excluding carboxylic acids is 2. The number of fused-ring (bicyclic) bond motifs is 3. The zero-order valence-electron chi connectivity index (χ0n) is 21.6. The van der Waals surface area contributed by atoms with Crippen molar-refractivity contribution in [1.82, 2.24) is 14.5 Å². The highest BCUT2D eigenvalue weighted by Gasteiger charge is 2.39. The molecule has 1 atom stereocenters. The number of amides is 2. The Kier molecular flexibility index (Phi) is 7.27. The monoisotopic (exact) mass is 632 g/mol. The summed E-state index contributed by atoms with van der Waals surface area (Å²) >= 11 is 6.27. The van der Waals surface area contributed by atoms with E-state index in [-0.39, 0.29) is 44.5 Å². The Morgan fingerprint density at radius 3 is 2.35 bits per heavy atom. The fourth-order valence-electron chi connectivity index (χ4n) is 5.01. The van der Waals surface area contributed by atoms with Crippen molar-refractivity contribution in [2.45, 2.75) is 31.4 Å². The number of carbonyl (C=O) groups is 2. The minimum Gasteiger partial charge on any atom is -0.341 e. The van der Waals surface area contributed by atoms with Crippen LogP contribution in [0, 0.1) is 11.6 Å². The molecule has 0 aliphatic carbocycles. The van der Waals surface area contributed by atoms with Crippen LogP contribution >= 0.6 is 11.6 Å². The van der Waals surface area contributed by atoms with E-state index in [4.69, 9.17) is 11.6 Å². The van der Waals surface area contributed by atoms with E-state index in [9.17, 15) is 49.5 Å². The van der Waals surface area contributed by atoms with Gasteiger partial charge in [0.25, 0.3) is 11.8 Å². The molecule has 2 heterocycles. The van der Waals surface area contributed by atoms with Gasteiger partial charge in [0.2, 0.25) is 0 Å². The largest absolute Gasteiger partial charge is 0.416 e. The number of hydrogen-bond donors (Lipinski definition) is 2. The molecular weight excluding hydrogens is 616 g/mol. The van der Waals surface area contributed by atoms with Crippen molar-refractivity contribution >= 4 is 40.1 Å². The summed E-state index contributed by atoms with van der Waals surface area (Å²) in [5.41, 5.74) is -4.25. The van der Waals surface area contributed by atoms with Gasteiger partial charge in [-0.05, 0) is 42.5 Å². The van der Waals surface area contributed by atoms with Gasteiger partial charge in [-0.3, -0.25) is 18.7 Å². The molecule has 2 amide bonds. The average molecular weight is 633 g/mol. The molecule has 3 aromatic carbocycles. The summed E-state index contributed by atoms with van der Waals surface area (Å²) in [4.78, 5) is 39.5. The third kappa shape index (κ3) is 5.56. The van der Waals surface area contributed by atoms with E-state index in [0.717, 1.165) is 27.3 Å². The van der Waals surface area contributed by atoms with Gasteiger partial charge >= 0.3 is 18.0 Å². The van der Waals surface area contributed by atoms with Crippen LogP contribution in [-0.4, -0.2) is 27.1 Å². The van der Waals surface area contributed by atoms with E-state index < -0.39 is 71.6 Å². The summed E-state index contributed by atoms with van der Waals surface area (Å²) in [5.74, 6) is -4.30. The summed E-state index contributed by atoms with van der Waals surface area (Å²) in [5, 5.41) is 4.80. The maximum absolute atomic E-state index is 14.2. The van der Waals surface area contributed by atoms with Crippen LogP contribution in [0.4, 0.5) is 40.8 Å². The topological polar surface area (TPSA) is 85.1 Å². The van der Waals surface area contributed by atoms with Crippen molar-refractivity contribution in [3.63, 3.8) is 0 Å². The zero-order chi connectivity index (χ0) is 31.6. The van der Waals surface area contributed by atoms with Crippen LogP contribution in [0.15, 0.2) is 47.3 Å². The fraction of sp³-hybridized carbons (Fsp3) is 0.222. The number of benzene rings is 3. The molecule has 226 valence electrons. The maximum atomic E-state index is 14.2. The highest BCUT2D eigenvalue weighted by Crippen LogP contribution is 2.43. The number of hydrogen-bond acceptors (Lipinski definition) is 3. The highest BCUT2D eigenvalue weighted by molar-refractivity contribution is 6.31. The molecular formula is C27H17ClF8N4O3. The number of imidazole rings is 1. The first-order valence-corrected chi connectivity index (χ1v) is 12.6. The molecule has 5 rings (SSSR count). The summed E-state index contributed by atoms with van der Waals surface area (Å²) < 4.78 is 109. The molecule has 0 spiro atoms.